The van der Waals surface area contributed by atoms with Crippen molar-refractivity contribution in [1.82, 2.24) is 5.32 Å². The fraction of sp³-hybridized carbons (Fsp3) is 0. The van der Waals surface area contributed by atoms with E-state index in [-0.39, 0.29) is 27.7 Å². The summed E-state index contributed by atoms with van der Waals surface area (Å²) in [6, 6.07) is 8.96. The number of rotatable bonds is 3. The monoisotopic (exact) mass is 620 g/mol. The highest BCUT2D eigenvalue weighted by Crippen LogP contribution is 2.29. The van der Waals surface area contributed by atoms with Crippen LogP contribution in [0.4, 0.5) is 5.69 Å². The molecule has 0 unspecified atom stereocenters. The predicted octanol–water partition coefficient (Wildman–Crippen LogP) is 3.13. The van der Waals surface area contributed by atoms with E-state index in [4.69, 9.17) is 17.3 Å². The fourth-order valence-electron chi connectivity index (χ4n) is 2.51. The zero-order chi connectivity index (χ0) is 20.6. The van der Waals surface area contributed by atoms with Gasteiger partial charge in [-0.1, -0.05) is 6.07 Å². The molecular weight excluding hydrogens is 610 g/mol. The van der Waals surface area contributed by atoms with Gasteiger partial charge in [-0.15, -0.1) is 0 Å². The van der Waals surface area contributed by atoms with Crippen molar-refractivity contribution in [3.05, 3.63) is 60.2 Å². The summed E-state index contributed by atoms with van der Waals surface area (Å²) in [7, 11) is 0. The molecule has 0 spiro atoms. The van der Waals surface area contributed by atoms with Gasteiger partial charge in [0.2, 0.25) is 0 Å². The number of phenols is 1. The number of nitrogens with one attached hydrogen (secondary N) is 1. The molecule has 3 rings (SSSR count). The van der Waals surface area contributed by atoms with Crippen molar-refractivity contribution >= 4 is 92.1 Å². The Labute approximate surface area is 191 Å². The van der Waals surface area contributed by atoms with Crippen LogP contribution in [-0.2, 0) is 9.59 Å². The molecule has 10 heteroatoms. The van der Waals surface area contributed by atoms with Crippen molar-refractivity contribution in [2.75, 3.05) is 4.90 Å². The summed E-state index contributed by atoms with van der Waals surface area (Å²) in [5.74, 6) is -2.35. The van der Waals surface area contributed by atoms with Crippen LogP contribution in [0.2, 0.25) is 0 Å². The Kier molecular flexibility index (Phi) is 6.00. The van der Waals surface area contributed by atoms with E-state index < -0.39 is 17.8 Å². The van der Waals surface area contributed by atoms with E-state index in [0.717, 1.165) is 4.90 Å². The van der Waals surface area contributed by atoms with E-state index in [1.807, 2.05) is 45.2 Å². The predicted molar refractivity (Wildman–Crippen MR) is 123 cm³/mol. The number of halogens is 2. The summed E-state index contributed by atoms with van der Waals surface area (Å²) in [4.78, 5) is 37.6. The maximum absolute atomic E-state index is 13.0. The second-order valence-corrected chi connectivity index (χ2v) is 8.36. The summed E-state index contributed by atoms with van der Waals surface area (Å²) in [6.45, 7) is 0. The zero-order valence-electron chi connectivity index (χ0n) is 13.8. The highest BCUT2D eigenvalue weighted by molar-refractivity contribution is 14.1. The van der Waals surface area contributed by atoms with Crippen LogP contribution in [0, 0.1) is 7.14 Å². The van der Waals surface area contributed by atoms with E-state index in [1.54, 1.807) is 12.1 Å². The topological polar surface area (TPSA) is 107 Å². The molecule has 3 N–H and O–H groups in total. The number of aromatic hydroxyl groups is 1. The SMILES string of the molecule is O=C1NC(=S)N(c2cccc(C(=O)O)c2)C(=O)C1=Cc1cc(I)c(O)c(I)c1. The largest absolute Gasteiger partial charge is 0.506 e. The average molecular weight is 620 g/mol. The molecule has 2 aromatic carbocycles. The molecule has 1 heterocycles. The molecule has 0 atom stereocenters. The van der Waals surface area contributed by atoms with Crippen molar-refractivity contribution in [2.24, 2.45) is 0 Å². The minimum Gasteiger partial charge on any atom is -0.506 e. The summed E-state index contributed by atoms with van der Waals surface area (Å²) in [5, 5.41) is 21.4. The molecular formula is C18H10I2N2O5S. The van der Waals surface area contributed by atoms with Crippen molar-refractivity contribution in [1.29, 1.82) is 0 Å². The molecule has 0 radical (unpaired) electrons. The minimum absolute atomic E-state index is 0.0156. The van der Waals surface area contributed by atoms with Gasteiger partial charge in [-0.2, -0.15) is 0 Å². The summed E-state index contributed by atoms with van der Waals surface area (Å²) in [6.07, 6.45) is 1.40. The molecule has 0 bridgehead atoms. The molecule has 1 saturated heterocycles. The van der Waals surface area contributed by atoms with Crippen molar-refractivity contribution in [3.63, 3.8) is 0 Å². The minimum atomic E-state index is -1.15. The Morgan fingerprint density at radius 1 is 1.14 bits per heavy atom. The van der Waals surface area contributed by atoms with E-state index >= 15 is 0 Å². The van der Waals surface area contributed by atoms with Gasteiger partial charge < -0.3 is 10.2 Å². The highest BCUT2D eigenvalue weighted by Gasteiger charge is 2.34. The Hall–Kier alpha value is -2.06. The number of hydrogen-bond acceptors (Lipinski definition) is 5. The molecule has 7 nitrogen and oxygen atoms in total. The number of carbonyl (C=O) groups excluding carboxylic acids is 2. The molecule has 142 valence electrons. The number of benzene rings is 2. The third-order valence-corrected chi connectivity index (χ3v) is 5.73. The number of anilines is 1. The van der Waals surface area contributed by atoms with Crippen molar-refractivity contribution in [3.8, 4) is 5.75 Å². The quantitative estimate of drug-likeness (QED) is 0.211. The van der Waals surface area contributed by atoms with Crippen molar-refractivity contribution < 1.29 is 24.6 Å². The Morgan fingerprint density at radius 2 is 1.79 bits per heavy atom. The molecule has 28 heavy (non-hydrogen) atoms. The van der Waals surface area contributed by atoms with Gasteiger partial charge in [0, 0.05) is 0 Å². The second kappa shape index (κ2) is 8.13. The Morgan fingerprint density at radius 3 is 2.39 bits per heavy atom. The third-order valence-electron chi connectivity index (χ3n) is 3.80. The summed E-state index contributed by atoms with van der Waals surface area (Å²) in [5.41, 5.74) is 0.609. The number of carboxylic acids is 1. The molecule has 1 aliphatic rings. The van der Waals surface area contributed by atoms with Gasteiger partial charge in [0.25, 0.3) is 11.8 Å². The van der Waals surface area contributed by atoms with E-state index in [0.29, 0.717) is 12.7 Å². The number of phenolic OH excluding ortho intramolecular Hbond substituents is 1. The van der Waals surface area contributed by atoms with Crippen LogP contribution in [0.15, 0.2) is 42.0 Å². The van der Waals surface area contributed by atoms with Crippen molar-refractivity contribution in [2.45, 2.75) is 0 Å². The first-order chi connectivity index (χ1) is 13.2. The third kappa shape index (κ3) is 4.03. The highest BCUT2D eigenvalue weighted by atomic mass is 127. The van der Waals surface area contributed by atoms with E-state index in [2.05, 4.69) is 5.32 Å². The molecule has 0 aromatic heterocycles. The molecule has 1 fully saturated rings. The van der Waals surface area contributed by atoms with Gasteiger partial charge >= 0.3 is 5.97 Å². The van der Waals surface area contributed by atoms with Crippen LogP contribution in [0.5, 0.6) is 5.75 Å². The number of hydrogen-bond donors (Lipinski definition) is 3. The van der Waals surface area contributed by atoms with E-state index in [9.17, 15) is 19.5 Å². The fourth-order valence-corrected chi connectivity index (χ4v) is 4.60. The standard InChI is InChI=1S/C18H10I2N2O5S/c19-12-5-8(6-13(20)14(12)23)4-11-15(24)21-18(28)22(16(11)25)10-3-1-2-9(7-10)17(26)27/h1-7,23H,(H,26,27)(H,21,24,28). The normalized spacial score (nSPS) is 15.7. The smallest absolute Gasteiger partial charge is 0.335 e. The number of carboxylic acid groups (broad SMARTS) is 1. The van der Waals surface area contributed by atoms with Gasteiger partial charge in [0.15, 0.2) is 5.11 Å². The lowest BCUT2D eigenvalue weighted by Crippen LogP contribution is -2.54. The first kappa shape index (κ1) is 20.7. The number of carbonyl (C=O) groups is 3. The van der Waals surface area contributed by atoms with Gasteiger partial charge in [-0.05, 0) is 99.4 Å². The Bertz CT molecular complexity index is 1060. The number of nitrogens with zero attached hydrogens (tertiary/aromatic N) is 1. The number of aromatic carboxylic acids is 1. The van der Waals surface area contributed by atoms with Gasteiger partial charge in [-0.3, -0.25) is 19.8 Å². The molecule has 0 saturated carbocycles. The van der Waals surface area contributed by atoms with Gasteiger partial charge in [0.1, 0.15) is 11.3 Å². The lowest BCUT2D eigenvalue weighted by atomic mass is 10.1. The van der Waals surface area contributed by atoms with Crippen LogP contribution in [0.25, 0.3) is 6.08 Å². The van der Waals surface area contributed by atoms with Gasteiger partial charge in [-0.25, -0.2) is 4.79 Å². The molecule has 2 amide bonds. The second-order valence-electron chi connectivity index (χ2n) is 5.65. The number of amides is 2. The molecule has 2 aromatic rings. The molecule has 0 aliphatic carbocycles. The summed E-state index contributed by atoms with van der Waals surface area (Å²) >= 11 is 9.01. The summed E-state index contributed by atoms with van der Waals surface area (Å²) < 4.78 is 1.14. The van der Waals surface area contributed by atoms with Crippen LogP contribution in [0.3, 0.4) is 0 Å². The average Bonchev–Trinajstić information content (AvgIpc) is 2.63. The van der Waals surface area contributed by atoms with E-state index in [1.165, 1.54) is 30.3 Å². The first-order valence-corrected chi connectivity index (χ1v) is 10.2. The molecule has 1 aliphatic heterocycles. The Balaban J connectivity index is 2.06. The number of thiocarbonyl (C=S) groups is 1. The zero-order valence-corrected chi connectivity index (χ0v) is 18.9. The van der Waals surface area contributed by atoms with Gasteiger partial charge in [0.05, 0.1) is 18.4 Å². The lowest BCUT2D eigenvalue weighted by molar-refractivity contribution is -0.122. The lowest BCUT2D eigenvalue weighted by Gasteiger charge is -2.29. The van der Waals surface area contributed by atoms with Crippen LogP contribution >= 0.6 is 57.4 Å². The maximum atomic E-state index is 13.0. The van der Waals surface area contributed by atoms with Crippen LogP contribution < -0.4 is 10.2 Å². The first-order valence-electron chi connectivity index (χ1n) is 7.62. The van der Waals surface area contributed by atoms with Crippen LogP contribution in [-0.4, -0.2) is 33.1 Å². The van der Waals surface area contributed by atoms with Crippen LogP contribution in [0.1, 0.15) is 15.9 Å². The maximum Gasteiger partial charge on any atom is 0.335 e.